The summed E-state index contributed by atoms with van der Waals surface area (Å²) in [5.74, 6) is 1.70. The number of nitrogen functional groups attached to an aromatic ring is 1. The normalized spacial score (nSPS) is 10.5. The van der Waals surface area contributed by atoms with Crippen LogP contribution in [0.4, 0.5) is 5.69 Å². The molecule has 0 aromatic heterocycles. The molecule has 2 N–H and O–H groups in total. The lowest BCUT2D eigenvalue weighted by atomic mass is 10.1. The summed E-state index contributed by atoms with van der Waals surface area (Å²) in [6.45, 7) is 2.07. The number of anilines is 1. The third kappa shape index (κ3) is 3.58. The molecule has 0 amide bonds. The summed E-state index contributed by atoms with van der Waals surface area (Å²) in [6.07, 6.45) is 0. The van der Waals surface area contributed by atoms with Crippen LogP contribution in [-0.2, 0) is 5.75 Å². The van der Waals surface area contributed by atoms with E-state index >= 15 is 0 Å². The number of nitrogens with two attached hydrogens (primary N) is 1. The Kier molecular flexibility index (Phi) is 4.61. The molecule has 0 aliphatic carbocycles. The van der Waals surface area contributed by atoms with Gasteiger partial charge in [0, 0.05) is 21.9 Å². The molecule has 0 saturated heterocycles. The first-order chi connectivity index (χ1) is 9.10. The Morgan fingerprint density at radius 1 is 1.21 bits per heavy atom. The molecule has 0 unspecified atom stereocenters. The Morgan fingerprint density at radius 3 is 2.74 bits per heavy atom. The lowest BCUT2D eigenvalue weighted by Gasteiger charge is -2.10. The second-order valence-corrected chi connectivity index (χ2v) is 5.72. The third-order valence-corrected chi connectivity index (χ3v) is 4.32. The van der Waals surface area contributed by atoms with E-state index in [1.165, 1.54) is 5.56 Å². The maximum atomic E-state index is 6.16. The number of aryl methyl sites for hydroxylation is 1. The molecule has 0 bridgehead atoms. The molecule has 2 aromatic carbocycles. The van der Waals surface area contributed by atoms with E-state index in [0.29, 0.717) is 0 Å². The molecule has 0 fully saturated rings. The summed E-state index contributed by atoms with van der Waals surface area (Å²) >= 11 is 7.82. The highest BCUT2D eigenvalue weighted by Gasteiger charge is 2.07. The maximum Gasteiger partial charge on any atom is 0.122 e. The van der Waals surface area contributed by atoms with Crippen LogP contribution >= 0.6 is 23.4 Å². The van der Waals surface area contributed by atoms with Crippen LogP contribution < -0.4 is 10.5 Å². The van der Waals surface area contributed by atoms with Gasteiger partial charge in [0.1, 0.15) is 5.75 Å². The highest BCUT2D eigenvalue weighted by Crippen LogP contribution is 2.33. The predicted octanol–water partition coefficient (Wildman–Crippen LogP) is 4.53. The summed E-state index contributed by atoms with van der Waals surface area (Å²) in [4.78, 5) is 0.991. The maximum absolute atomic E-state index is 6.16. The average Bonchev–Trinajstić information content (AvgIpc) is 2.40. The van der Waals surface area contributed by atoms with E-state index in [-0.39, 0.29) is 0 Å². The number of halogens is 1. The third-order valence-electron chi connectivity index (χ3n) is 2.77. The van der Waals surface area contributed by atoms with Gasteiger partial charge in [-0.25, -0.2) is 0 Å². The SMILES string of the molecule is COc1ccc(C)cc1CSc1cc(N)ccc1Cl. The Labute approximate surface area is 122 Å². The van der Waals surface area contributed by atoms with Crippen molar-refractivity contribution in [2.24, 2.45) is 0 Å². The summed E-state index contributed by atoms with van der Waals surface area (Å²) in [5, 5.41) is 0.728. The van der Waals surface area contributed by atoms with Gasteiger partial charge in [0.25, 0.3) is 0 Å². The number of thioether (sulfide) groups is 1. The molecule has 0 heterocycles. The Balaban J connectivity index is 2.18. The number of hydrogen-bond acceptors (Lipinski definition) is 3. The number of hydrogen-bond donors (Lipinski definition) is 1. The molecular formula is C15H16ClNOS. The second-order valence-electron chi connectivity index (χ2n) is 4.29. The molecule has 2 nitrogen and oxygen atoms in total. The van der Waals surface area contributed by atoms with Crippen molar-refractivity contribution in [1.29, 1.82) is 0 Å². The first kappa shape index (κ1) is 14.1. The molecule has 0 spiro atoms. The highest BCUT2D eigenvalue weighted by atomic mass is 35.5. The summed E-state index contributed by atoms with van der Waals surface area (Å²) in [7, 11) is 1.69. The van der Waals surface area contributed by atoms with Crippen molar-refractivity contribution < 1.29 is 4.74 Å². The van der Waals surface area contributed by atoms with Gasteiger partial charge in [-0.1, -0.05) is 29.3 Å². The standard InChI is InChI=1S/C15H16ClNOS/c1-10-3-6-14(18-2)11(7-10)9-19-15-8-12(17)4-5-13(15)16/h3-8H,9,17H2,1-2H3. The lowest BCUT2D eigenvalue weighted by molar-refractivity contribution is 0.411. The Morgan fingerprint density at radius 2 is 2.00 bits per heavy atom. The molecular weight excluding hydrogens is 278 g/mol. The molecule has 0 atom stereocenters. The van der Waals surface area contributed by atoms with Crippen molar-refractivity contribution in [3.05, 3.63) is 52.5 Å². The van der Waals surface area contributed by atoms with Crippen LogP contribution in [0.5, 0.6) is 5.75 Å². The van der Waals surface area contributed by atoms with Gasteiger partial charge >= 0.3 is 0 Å². The zero-order valence-electron chi connectivity index (χ0n) is 10.9. The van der Waals surface area contributed by atoms with Crippen molar-refractivity contribution in [3.8, 4) is 5.75 Å². The van der Waals surface area contributed by atoms with Crippen LogP contribution in [0.15, 0.2) is 41.3 Å². The fourth-order valence-electron chi connectivity index (χ4n) is 1.81. The number of benzene rings is 2. The van der Waals surface area contributed by atoms with Crippen LogP contribution in [0.1, 0.15) is 11.1 Å². The van der Waals surface area contributed by atoms with Gasteiger partial charge in [0.05, 0.1) is 12.1 Å². The van der Waals surface area contributed by atoms with Crippen LogP contribution in [0.3, 0.4) is 0 Å². The van der Waals surface area contributed by atoms with Gasteiger partial charge in [-0.2, -0.15) is 0 Å². The van der Waals surface area contributed by atoms with Crippen LogP contribution in [-0.4, -0.2) is 7.11 Å². The van der Waals surface area contributed by atoms with E-state index in [1.807, 2.05) is 24.3 Å². The van der Waals surface area contributed by atoms with Crippen molar-refractivity contribution in [1.82, 2.24) is 0 Å². The van der Waals surface area contributed by atoms with E-state index in [1.54, 1.807) is 24.9 Å². The summed E-state index contributed by atoms with van der Waals surface area (Å²) in [6, 6.07) is 11.7. The average molecular weight is 294 g/mol. The van der Waals surface area contributed by atoms with Crippen molar-refractivity contribution in [2.75, 3.05) is 12.8 Å². The topological polar surface area (TPSA) is 35.2 Å². The van der Waals surface area contributed by atoms with Crippen molar-refractivity contribution in [3.63, 3.8) is 0 Å². The fraction of sp³-hybridized carbons (Fsp3) is 0.200. The van der Waals surface area contributed by atoms with E-state index in [9.17, 15) is 0 Å². The van der Waals surface area contributed by atoms with Gasteiger partial charge in [0.15, 0.2) is 0 Å². The van der Waals surface area contributed by atoms with E-state index in [4.69, 9.17) is 22.1 Å². The zero-order valence-corrected chi connectivity index (χ0v) is 12.5. The van der Waals surface area contributed by atoms with Crippen LogP contribution in [0.25, 0.3) is 0 Å². The Bertz CT molecular complexity index is 586. The lowest BCUT2D eigenvalue weighted by Crippen LogP contribution is -1.92. The van der Waals surface area contributed by atoms with Crippen LogP contribution in [0, 0.1) is 6.92 Å². The second kappa shape index (κ2) is 6.22. The zero-order chi connectivity index (χ0) is 13.8. The fourth-order valence-corrected chi connectivity index (χ4v) is 3.05. The van der Waals surface area contributed by atoms with Crippen LogP contribution in [0.2, 0.25) is 5.02 Å². The molecule has 0 saturated carbocycles. The molecule has 2 rings (SSSR count). The number of methoxy groups -OCH3 is 1. The summed E-state index contributed by atoms with van der Waals surface area (Å²) < 4.78 is 5.37. The smallest absolute Gasteiger partial charge is 0.122 e. The van der Waals surface area contributed by atoms with Gasteiger partial charge in [0.2, 0.25) is 0 Å². The van der Waals surface area contributed by atoms with E-state index < -0.39 is 0 Å². The highest BCUT2D eigenvalue weighted by molar-refractivity contribution is 7.98. The molecule has 100 valence electrons. The largest absolute Gasteiger partial charge is 0.496 e. The molecule has 19 heavy (non-hydrogen) atoms. The van der Waals surface area contributed by atoms with E-state index in [2.05, 4.69) is 13.0 Å². The van der Waals surface area contributed by atoms with E-state index in [0.717, 1.165) is 32.7 Å². The molecule has 0 radical (unpaired) electrons. The quantitative estimate of drug-likeness (QED) is 0.664. The van der Waals surface area contributed by atoms with Crippen molar-refractivity contribution >= 4 is 29.1 Å². The molecule has 4 heteroatoms. The van der Waals surface area contributed by atoms with Gasteiger partial charge in [-0.15, -0.1) is 11.8 Å². The van der Waals surface area contributed by atoms with Gasteiger partial charge < -0.3 is 10.5 Å². The van der Waals surface area contributed by atoms with Crippen molar-refractivity contribution in [2.45, 2.75) is 17.6 Å². The minimum Gasteiger partial charge on any atom is -0.496 e. The minimum absolute atomic E-state index is 0.725. The Hall–Kier alpha value is -1.32. The first-order valence-electron chi connectivity index (χ1n) is 5.91. The molecule has 0 aliphatic heterocycles. The van der Waals surface area contributed by atoms with Gasteiger partial charge in [-0.3, -0.25) is 0 Å². The minimum atomic E-state index is 0.725. The summed E-state index contributed by atoms with van der Waals surface area (Å²) in [5.41, 5.74) is 8.88. The van der Waals surface area contributed by atoms with Gasteiger partial charge in [-0.05, 0) is 31.2 Å². The monoisotopic (exact) mass is 293 g/mol. The number of ether oxygens (including phenoxy) is 1. The molecule has 2 aromatic rings. The first-order valence-corrected chi connectivity index (χ1v) is 7.28. The predicted molar refractivity (Wildman–Crippen MR) is 83.2 cm³/mol. The number of rotatable bonds is 4. The molecule has 0 aliphatic rings.